The maximum Gasteiger partial charge on any atom is 0.0540 e. The zero-order valence-electron chi connectivity index (χ0n) is 36.3. The summed E-state index contributed by atoms with van der Waals surface area (Å²) in [6.07, 6.45) is 7.84. The summed E-state index contributed by atoms with van der Waals surface area (Å²) in [6.45, 7) is 14.8. The SMILES string of the molecule is CC1(C)c2cc(N(c3ccccc3)c3ccc(-c4ccc(-c5ccccc5)cc4)cc3)ccc2-c2ccc(-n3c4c(c5ccccc53)=CC3C(C=4)C(C)(C)CCC3(C)C)cc21. The number of anilines is 3. The first kappa shape index (κ1) is 37.6. The summed E-state index contributed by atoms with van der Waals surface area (Å²) in [5.41, 5.74) is 16.6. The van der Waals surface area contributed by atoms with E-state index in [2.05, 4.69) is 233 Å². The summed E-state index contributed by atoms with van der Waals surface area (Å²) in [5.74, 6) is 1.02. The molecule has 2 nitrogen and oxygen atoms in total. The molecule has 0 aliphatic heterocycles. The number of nitrogens with zero attached hydrogens (tertiary/aromatic N) is 2. The van der Waals surface area contributed by atoms with Crippen LogP contribution in [0.3, 0.4) is 0 Å². The van der Waals surface area contributed by atoms with E-state index >= 15 is 0 Å². The zero-order valence-corrected chi connectivity index (χ0v) is 36.3. The molecule has 0 N–H and O–H groups in total. The van der Waals surface area contributed by atoms with Crippen LogP contribution in [0.4, 0.5) is 17.1 Å². The fourth-order valence-electron chi connectivity index (χ4n) is 11.2. The van der Waals surface area contributed by atoms with Gasteiger partial charge in [0, 0.05) is 38.8 Å². The second-order valence-electron chi connectivity index (χ2n) is 19.8. The van der Waals surface area contributed by atoms with Crippen LogP contribution in [0.15, 0.2) is 170 Å². The van der Waals surface area contributed by atoms with Gasteiger partial charge in [0.2, 0.25) is 0 Å². The van der Waals surface area contributed by atoms with E-state index in [-0.39, 0.29) is 16.2 Å². The van der Waals surface area contributed by atoms with Crippen LogP contribution in [0, 0.1) is 22.7 Å². The van der Waals surface area contributed by atoms with Gasteiger partial charge in [-0.25, -0.2) is 0 Å². The average molecular weight is 791 g/mol. The third kappa shape index (κ3) is 6.05. The monoisotopic (exact) mass is 790 g/mol. The van der Waals surface area contributed by atoms with Gasteiger partial charge in [0.25, 0.3) is 0 Å². The van der Waals surface area contributed by atoms with Crippen molar-refractivity contribution in [2.75, 3.05) is 4.90 Å². The van der Waals surface area contributed by atoms with Crippen molar-refractivity contribution in [2.45, 2.75) is 59.8 Å². The average Bonchev–Trinajstić information content (AvgIpc) is 3.73. The highest BCUT2D eigenvalue weighted by Gasteiger charge is 2.47. The summed E-state index contributed by atoms with van der Waals surface area (Å²) < 4.78 is 2.57. The summed E-state index contributed by atoms with van der Waals surface area (Å²) >= 11 is 0. The van der Waals surface area contributed by atoms with Gasteiger partial charge in [-0.15, -0.1) is 0 Å². The quantitative estimate of drug-likeness (QED) is 0.163. The topological polar surface area (TPSA) is 8.17 Å². The molecule has 7 aromatic carbocycles. The minimum absolute atomic E-state index is 0.200. The molecule has 0 amide bonds. The normalized spacial score (nSPS) is 18.9. The summed E-state index contributed by atoms with van der Waals surface area (Å²) in [5, 5.41) is 4.12. The van der Waals surface area contributed by atoms with Crippen LogP contribution in [0.5, 0.6) is 0 Å². The summed E-state index contributed by atoms with van der Waals surface area (Å²) in [6, 6.07) is 62.8. The highest BCUT2D eigenvalue weighted by molar-refractivity contribution is 5.88. The molecule has 61 heavy (non-hydrogen) atoms. The Morgan fingerprint density at radius 1 is 0.459 bits per heavy atom. The molecule has 0 saturated heterocycles. The molecule has 3 aliphatic rings. The maximum atomic E-state index is 2.66. The minimum Gasteiger partial charge on any atom is -0.310 e. The number of rotatable bonds is 6. The lowest BCUT2D eigenvalue weighted by Crippen LogP contribution is -2.48. The van der Waals surface area contributed by atoms with E-state index in [1.54, 1.807) is 0 Å². The fraction of sp³-hybridized carbons (Fsp3) is 0.220. The summed E-state index contributed by atoms with van der Waals surface area (Å²) in [7, 11) is 0. The third-order valence-electron chi connectivity index (χ3n) is 14.9. The number of para-hydroxylation sites is 2. The Balaban J connectivity index is 0.974. The number of benzene rings is 7. The molecule has 2 unspecified atom stereocenters. The van der Waals surface area contributed by atoms with E-state index in [0.717, 1.165) is 17.1 Å². The van der Waals surface area contributed by atoms with Crippen molar-refractivity contribution < 1.29 is 0 Å². The second-order valence-corrected chi connectivity index (χ2v) is 19.8. The summed E-state index contributed by atoms with van der Waals surface area (Å²) in [4.78, 5) is 2.40. The molecule has 2 atom stereocenters. The van der Waals surface area contributed by atoms with Gasteiger partial charge in [0.15, 0.2) is 0 Å². The van der Waals surface area contributed by atoms with E-state index in [9.17, 15) is 0 Å². The number of hydrogen-bond acceptors (Lipinski definition) is 1. The predicted octanol–water partition coefficient (Wildman–Crippen LogP) is 14.4. The van der Waals surface area contributed by atoms with Crippen LogP contribution in [-0.4, -0.2) is 4.57 Å². The molecule has 0 radical (unpaired) electrons. The van der Waals surface area contributed by atoms with Gasteiger partial charge in [0.1, 0.15) is 0 Å². The largest absolute Gasteiger partial charge is 0.310 e. The van der Waals surface area contributed by atoms with Crippen molar-refractivity contribution in [2.24, 2.45) is 22.7 Å². The van der Waals surface area contributed by atoms with Crippen molar-refractivity contribution in [1.29, 1.82) is 0 Å². The van der Waals surface area contributed by atoms with E-state index in [1.807, 2.05) is 0 Å². The van der Waals surface area contributed by atoms with Gasteiger partial charge in [-0.05, 0) is 135 Å². The van der Waals surface area contributed by atoms with Crippen molar-refractivity contribution in [3.8, 4) is 39.1 Å². The highest BCUT2D eigenvalue weighted by Crippen LogP contribution is 2.55. The third-order valence-corrected chi connectivity index (χ3v) is 14.9. The molecule has 0 spiro atoms. The highest BCUT2D eigenvalue weighted by atomic mass is 15.1. The van der Waals surface area contributed by atoms with Crippen molar-refractivity contribution >= 4 is 40.1 Å². The van der Waals surface area contributed by atoms with E-state index in [0.29, 0.717) is 11.8 Å². The van der Waals surface area contributed by atoms with Crippen LogP contribution >= 0.6 is 0 Å². The number of hydrogen-bond donors (Lipinski definition) is 0. The Morgan fingerprint density at radius 2 is 0.951 bits per heavy atom. The first-order chi connectivity index (χ1) is 29.5. The Morgan fingerprint density at radius 3 is 1.61 bits per heavy atom. The van der Waals surface area contributed by atoms with Crippen LogP contribution in [0.25, 0.3) is 62.1 Å². The lowest BCUT2D eigenvalue weighted by atomic mass is 9.54. The molecule has 1 heterocycles. The van der Waals surface area contributed by atoms with Crippen LogP contribution in [0.1, 0.15) is 65.5 Å². The van der Waals surface area contributed by atoms with Crippen molar-refractivity contribution in [3.05, 3.63) is 192 Å². The van der Waals surface area contributed by atoms with Gasteiger partial charge in [-0.1, -0.05) is 169 Å². The van der Waals surface area contributed by atoms with Crippen molar-refractivity contribution in [3.63, 3.8) is 0 Å². The molecule has 8 aromatic rings. The lowest BCUT2D eigenvalue weighted by Gasteiger charge is -2.51. The van der Waals surface area contributed by atoms with Crippen molar-refractivity contribution in [1.82, 2.24) is 4.57 Å². The molecule has 2 heteroatoms. The van der Waals surface area contributed by atoms with Crippen LogP contribution < -0.4 is 15.5 Å². The lowest BCUT2D eigenvalue weighted by molar-refractivity contribution is 0.0503. The Kier molecular flexibility index (Phi) is 8.52. The van der Waals surface area contributed by atoms with E-state index in [1.165, 1.54) is 84.5 Å². The first-order valence-electron chi connectivity index (χ1n) is 22.2. The van der Waals surface area contributed by atoms with Gasteiger partial charge >= 0.3 is 0 Å². The first-order valence-corrected chi connectivity index (χ1v) is 22.2. The Bertz CT molecular complexity index is 3090. The molecular weight excluding hydrogens is 737 g/mol. The maximum absolute atomic E-state index is 2.66. The number of aromatic nitrogens is 1. The van der Waals surface area contributed by atoms with Crippen LogP contribution in [0.2, 0.25) is 0 Å². The van der Waals surface area contributed by atoms with Gasteiger partial charge in [-0.2, -0.15) is 0 Å². The van der Waals surface area contributed by atoms with Gasteiger partial charge in [0.05, 0.1) is 10.9 Å². The molecule has 1 aromatic heterocycles. The van der Waals surface area contributed by atoms with E-state index in [4.69, 9.17) is 0 Å². The zero-order chi connectivity index (χ0) is 41.7. The molecule has 3 aliphatic carbocycles. The second kappa shape index (κ2) is 13.8. The Hall–Kier alpha value is -6.38. The molecule has 11 rings (SSSR count). The molecule has 300 valence electrons. The molecule has 1 saturated carbocycles. The smallest absolute Gasteiger partial charge is 0.0540 e. The minimum atomic E-state index is -0.200. The van der Waals surface area contributed by atoms with E-state index < -0.39 is 0 Å². The predicted molar refractivity (Wildman–Crippen MR) is 258 cm³/mol. The Labute approximate surface area is 361 Å². The number of fused-ring (bicyclic) bond motifs is 7. The van der Waals surface area contributed by atoms with Gasteiger partial charge in [-0.3, -0.25) is 0 Å². The molecule has 1 fully saturated rings. The van der Waals surface area contributed by atoms with Gasteiger partial charge < -0.3 is 9.47 Å². The fourth-order valence-corrected chi connectivity index (χ4v) is 11.2. The molecule has 0 bridgehead atoms. The van der Waals surface area contributed by atoms with Crippen LogP contribution in [-0.2, 0) is 5.41 Å². The molecular formula is C59H54N2. The standard InChI is InChI=1S/C59H54N2/c1-57(2)33-34-58(3,4)54-38-56-50(37-53(54)57)49-19-13-14-20-55(49)61(56)46-30-32-48-47-31-29-45(35-51(47)59(5,6)52(48)36-46)60(43-17-11-8-12-18-43)44-27-25-42(26-28-44)41-23-21-40(22-24-41)39-15-9-7-10-16-39/h7-32,35-38,53-54H,33-34H2,1-6H3.